The Bertz CT molecular complexity index is 734. The fraction of sp³-hybridized carbons (Fsp3) is 0.588. The molecule has 134 valence electrons. The molecule has 0 saturated heterocycles. The molecule has 0 aliphatic heterocycles. The maximum atomic E-state index is 12.5. The van der Waals surface area contributed by atoms with Crippen molar-refractivity contribution in [2.45, 2.75) is 64.1 Å². The van der Waals surface area contributed by atoms with Gasteiger partial charge in [0, 0.05) is 6.20 Å². The third-order valence-electron chi connectivity index (χ3n) is 4.54. The zero-order valence-corrected chi connectivity index (χ0v) is 14.8. The highest BCUT2D eigenvalue weighted by molar-refractivity contribution is 5.92. The number of aryl methyl sites for hydroxylation is 1. The lowest BCUT2D eigenvalue weighted by molar-refractivity contribution is 0.0735. The largest absolute Gasteiger partial charge is 0.384 e. The van der Waals surface area contributed by atoms with Crippen LogP contribution >= 0.6 is 0 Å². The summed E-state index contributed by atoms with van der Waals surface area (Å²) in [5.74, 6) is -0.229. The standard InChI is InChI=1S/C17H24N6O2/c1-11-8-19-13(9-18-11)16(24)20-12-6-4-5-7-14(12)23-10-15(21-22-23)17(2,3)25/h8-10,12,14,25H,4-7H2,1-3H3,(H,20,24)/t12-,14+/m0/s1. The summed E-state index contributed by atoms with van der Waals surface area (Å²) < 4.78 is 1.76. The summed E-state index contributed by atoms with van der Waals surface area (Å²) in [6.07, 6.45) is 8.73. The number of rotatable bonds is 4. The minimum atomic E-state index is -1.04. The predicted octanol–water partition coefficient (Wildman–Crippen LogP) is 1.52. The van der Waals surface area contributed by atoms with Crippen LogP contribution in [-0.2, 0) is 5.60 Å². The Balaban J connectivity index is 1.76. The lowest BCUT2D eigenvalue weighted by atomic mass is 9.90. The van der Waals surface area contributed by atoms with Crippen molar-refractivity contribution in [1.82, 2.24) is 30.3 Å². The molecule has 0 spiro atoms. The van der Waals surface area contributed by atoms with Gasteiger partial charge >= 0.3 is 0 Å². The van der Waals surface area contributed by atoms with Gasteiger partial charge in [-0.05, 0) is 33.6 Å². The van der Waals surface area contributed by atoms with Crippen molar-refractivity contribution in [3.63, 3.8) is 0 Å². The Kier molecular flexibility index (Phi) is 4.80. The summed E-state index contributed by atoms with van der Waals surface area (Å²) in [7, 11) is 0. The van der Waals surface area contributed by atoms with Crippen molar-refractivity contribution in [3.8, 4) is 0 Å². The van der Waals surface area contributed by atoms with E-state index in [1.54, 1.807) is 30.9 Å². The molecule has 1 amide bonds. The van der Waals surface area contributed by atoms with Crippen LogP contribution in [0.15, 0.2) is 18.6 Å². The van der Waals surface area contributed by atoms with E-state index in [4.69, 9.17) is 0 Å². The Morgan fingerprint density at radius 2 is 2.04 bits per heavy atom. The number of carbonyl (C=O) groups is 1. The monoisotopic (exact) mass is 344 g/mol. The van der Waals surface area contributed by atoms with Crippen LogP contribution in [0.4, 0.5) is 0 Å². The van der Waals surface area contributed by atoms with Gasteiger partial charge in [0.1, 0.15) is 17.0 Å². The Morgan fingerprint density at radius 3 is 2.68 bits per heavy atom. The molecule has 1 fully saturated rings. The first kappa shape index (κ1) is 17.5. The molecular weight excluding hydrogens is 320 g/mol. The van der Waals surface area contributed by atoms with Crippen LogP contribution < -0.4 is 5.32 Å². The fourth-order valence-corrected chi connectivity index (χ4v) is 3.07. The summed E-state index contributed by atoms with van der Waals surface area (Å²) in [6, 6.07) is -0.0413. The van der Waals surface area contributed by atoms with E-state index in [2.05, 4.69) is 25.6 Å². The summed E-state index contributed by atoms with van der Waals surface area (Å²) >= 11 is 0. The predicted molar refractivity (Wildman–Crippen MR) is 90.8 cm³/mol. The summed E-state index contributed by atoms with van der Waals surface area (Å²) in [6.45, 7) is 5.19. The molecule has 2 atom stereocenters. The topological polar surface area (TPSA) is 106 Å². The average molecular weight is 344 g/mol. The second-order valence-electron chi connectivity index (χ2n) is 7.12. The second kappa shape index (κ2) is 6.87. The van der Waals surface area contributed by atoms with E-state index in [9.17, 15) is 9.90 Å². The van der Waals surface area contributed by atoms with Gasteiger partial charge in [-0.25, -0.2) is 9.67 Å². The van der Waals surface area contributed by atoms with Gasteiger partial charge in [-0.1, -0.05) is 18.1 Å². The Morgan fingerprint density at radius 1 is 1.28 bits per heavy atom. The van der Waals surface area contributed by atoms with E-state index in [1.165, 1.54) is 6.20 Å². The van der Waals surface area contributed by atoms with E-state index in [1.807, 2.05) is 6.92 Å². The number of nitrogens with zero attached hydrogens (tertiary/aromatic N) is 5. The van der Waals surface area contributed by atoms with Crippen molar-refractivity contribution in [2.75, 3.05) is 0 Å². The number of amides is 1. The zero-order valence-electron chi connectivity index (χ0n) is 14.8. The van der Waals surface area contributed by atoms with Gasteiger partial charge in [-0.15, -0.1) is 5.10 Å². The lowest BCUT2D eigenvalue weighted by Crippen LogP contribution is -2.43. The van der Waals surface area contributed by atoms with Crippen LogP contribution in [0.25, 0.3) is 0 Å². The first-order chi connectivity index (χ1) is 11.8. The SMILES string of the molecule is Cc1cnc(C(=O)N[C@H]2CCCC[C@H]2n2cc(C(C)(C)O)nn2)cn1. The fourth-order valence-electron chi connectivity index (χ4n) is 3.07. The molecule has 1 aliphatic rings. The van der Waals surface area contributed by atoms with E-state index >= 15 is 0 Å². The molecular formula is C17H24N6O2. The number of nitrogens with one attached hydrogen (secondary N) is 1. The van der Waals surface area contributed by atoms with Crippen LogP contribution in [0.1, 0.15) is 67.4 Å². The molecule has 2 aromatic heterocycles. The second-order valence-corrected chi connectivity index (χ2v) is 7.12. The minimum Gasteiger partial charge on any atom is -0.384 e. The molecule has 8 heteroatoms. The number of aromatic nitrogens is 5. The van der Waals surface area contributed by atoms with Crippen molar-refractivity contribution in [2.24, 2.45) is 0 Å². The molecule has 0 aromatic carbocycles. The van der Waals surface area contributed by atoms with Crippen molar-refractivity contribution in [3.05, 3.63) is 35.7 Å². The highest BCUT2D eigenvalue weighted by Crippen LogP contribution is 2.29. The van der Waals surface area contributed by atoms with Crippen LogP contribution in [-0.4, -0.2) is 42.0 Å². The third kappa shape index (κ3) is 4.01. The molecule has 1 saturated carbocycles. The molecule has 8 nitrogen and oxygen atoms in total. The zero-order chi connectivity index (χ0) is 18.0. The van der Waals surface area contributed by atoms with Crippen LogP contribution in [0.3, 0.4) is 0 Å². The third-order valence-corrected chi connectivity index (χ3v) is 4.54. The number of carbonyl (C=O) groups excluding carboxylic acids is 1. The molecule has 2 N–H and O–H groups in total. The van der Waals surface area contributed by atoms with Crippen LogP contribution in [0.2, 0.25) is 0 Å². The number of aliphatic hydroxyl groups is 1. The maximum absolute atomic E-state index is 12.5. The molecule has 3 rings (SSSR count). The molecule has 2 heterocycles. The molecule has 2 aromatic rings. The van der Waals surface area contributed by atoms with E-state index in [0.717, 1.165) is 31.4 Å². The highest BCUT2D eigenvalue weighted by atomic mass is 16.3. The quantitative estimate of drug-likeness (QED) is 0.871. The number of hydrogen-bond acceptors (Lipinski definition) is 6. The van der Waals surface area contributed by atoms with E-state index in [-0.39, 0.29) is 18.0 Å². The van der Waals surface area contributed by atoms with Gasteiger partial charge in [0.15, 0.2) is 0 Å². The van der Waals surface area contributed by atoms with Gasteiger partial charge in [-0.2, -0.15) is 0 Å². The molecule has 25 heavy (non-hydrogen) atoms. The smallest absolute Gasteiger partial charge is 0.271 e. The van der Waals surface area contributed by atoms with Gasteiger partial charge in [0.25, 0.3) is 5.91 Å². The van der Waals surface area contributed by atoms with Crippen molar-refractivity contribution >= 4 is 5.91 Å². The van der Waals surface area contributed by atoms with Crippen molar-refractivity contribution in [1.29, 1.82) is 0 Å². The molecule has 0 bridgehead atoms. The van der Waals surface area contributed by atoms with Gasteiger partial charge in [0.05, 0.1) is 30.2 Å². The van der Waals surface area contributed by atoms with Crippen LogP contribution in [0, 0.1) is 6.92 Å². The maximum Gasteiger partial charge on any atom is 0.271 e. The highest BCUT2D eigenvalue weighted by Gasteiger charge is 2.31. The Labute approximate surface area is 146 Å². The summed E-state index contributed by atoms with van der Waals surface area (Å²) in [4.78, 5) is 20.7. The Hall–Kier alpha value is -2.35. The van der Waals surface area contributed by atoms with Crippen LogP contribution in [0.5, 0.6) is 0 Å². The number of hydrogen-bond donors (Lipinski definition) is 2. The van der Waals surface area contributed by atoms with Gasteiger partial charge < -0.3 is 10.4 Å². The lowest BCUT2D eigenvalue weighted by Gasteiger charge is -2.31. The van der Waals surface area contributed by atoms with E-state index < -0.39 is 5.60 Å². The molecule has 0 radical (unpaired) electrons. The minimum absolute atomic E-state index is 0.0136. The normalized spacial score (nSPS) is 21.1. The van der Waals surface area contributed by atoms with Gasteiger partial charge in [0.2, 0.25) is 0 Å². The summed E-state index contributed by atoms with van der Waals surface area (Å²) in [5.41, 5.74) is 0.565. The summed E-state index contributed by atoms with van der Waals surface area (Å²) in [5, 5.41) is 21.4. The van der Waals surface area contributed by atoms with Gasteiger partial charge in [-0.3, -0.25) is 9.78 Å². The van der Waals surface area contributed by atoms with Crippen molar-refractivity contribution < 1.29 is 9.90 Å². The molecule has 0 unspecified atom stereocenters. The average Bonchev–Trinajstić information content (AvgIpc) is 3.06. The van der Waals surface area contributed by atoms with E-state index in [0.29, 0.717) is 11.4 Å². The first-order valence-corrected chi connectivity index (χ1v) is 8.59. The molecule has 1 aliphatic carbocycles. The first-order valence-electron chi connectivity index (χ1n) is 8.59.